The lowest BCUT2D eigenvalue weighted by Crippen LogP contribution is -2.51. The Labute approximate surface area is 220 Å². The summed E-state index contributed by atoms with van der Waals surface area (Å²) < 4.78 is 6.44. The molecular formula is C27H31BrN6O2. The molecule has 1 amide bonds. The maximum Gasteiger partial charge on any atom is 0.258 e. The number of hydrogen-bond acceptors (Lipinski definition) is 7. The van der Waals surface area contributed by atoms with Crippen LogP contribution in [0.15, 0.2) is 63.7 Å². The Kier molecular flexibility index (Phi) is 8.75. The summed E-state index contributed by atoms with van der Waals surface area (Å²) in [6, 6.07) is 15.8. The standard InChI is InChI=1S/C27H31BrN6O2/c1-19(31-22-4-2-21(28)3-5-22)25(18-30)27(35)32-23-6-7-26(20(16-23)17-29)34-12-10-33(11-13-34)24-8-14-36-15-9-24/h2-7,16,18,24H,8-15,30H2,1H3,(H,32,35). The molecule has 2 aliphatic heterocycles. The van der Waals surface area contributed by atoms with Crippen molar-refractivity contribution >= 4 is 44.6 Å². The summed E-state index contributed by atoms with van der Waals surface area (Å²) in [4.78, 5) is 22.2. The van der Waals surface area contributed by atoms with E-state index in [1.54, 1.807) is 13.0 Å². The van der Waals surface area contributed by atoms with Crippen molar-refractivity contribution in [3.63, 3.8) is 0 Å². The van der Waals surface area contributed by atoms with E-state index in [2.05, 4.69) is 42.1 Å². The summed E-state index contributed by atoms with van der Waals surface area (Å²) in [5, 5.41) is 12.7. The molecule has 0 unspecified atom stereocenters. The van der Waals surface area contributed by atoms with Gasteiger partial charge in [0.05, 0.1) is 28.2 Å². The number of benzene rings is 2. The number of nitrogens with zero attached hydrogens (tertiary/aromatic N) is 4. The minimum Gasteiger partial charge on any atom is -0.404 e. The average Bonchev–Trinajstić information content (AvgIpc) is 2.91. The Morgan fingerprint density at radius 3 is 2.50 bits per heavy atom. The maximum absolute atomic E-state index is 12.9. The first kappa shape index (κ1) is 25.9. The molecule has 4 rings (SSSR count). The van der Waals surface area contributed by atoms with Gasteiger partial charge in [0, 0.05) is 61.8 Å². The smallest absolute Gasteiger partial charge is 0.258 e. The molecule has 2 aromatic rings. The van der Waals surface area contributed by atoms with Crippen LogP contribution in [0.25, 0.3) is 0 Å². The number of carbonyl (C=O) groups is 1. The quantitative estimate of drug-likeness (QED) is 0.412. The van der Waals surface area contributed by atoms with Crippen molar-refractivity contribution < 1.29 is 9.53 Å². The minimum absolute atomic E-state index is 0.268. The van der Waals surface area contributed by atoms with Crippen molar-refractivity contribution in [2.45, 2.75) is 25.8 Å². The number of carbonyl (C=O) groups excluding carboxylic acids is 1. The fraction of sp³-hybridized carbons (Fsp3) is 0.370. The van der Waals surface area contributed by atoms with Crippen LogP contribution < -0.4 is 16.0 Å². The molecule has 0 bridgehead atoms. The predicted molar refractivity (Wildman–Crippen MR) is 147 cm³/mol. The number of hydrogen-bond donors (Lipinski definition) is 2. The van der Waals surface area contributed by atoms with Crippen LogP contribution in [0.4, 0.5) is 17.1 Å². The highest BCUT2D eigenvalue weighted by Gasteiger charge is 2.26. The lowest BCUT2D eigenvalue weighted by molar-refractivity contribution is -0.112. The van der Waals surface area contributed by atoms with Crippen molar-refractivity contribution in [1.82, 2.24) is 4.90 Å². The van der Waals surface area contributed by atoms with Crippen LogP contribution in [-0.2, 0) is 9.53 Å². The summed E-state index contributed by atoms with van der Waals surface area (Å²) in [5.74, 6) is -0.377. The van der Waals surface area contributed by atoms with Crippen molar-refractivity contribution in [2.24, 2.45) is 10.7 Å². The van der Waals surface area contributed by atoms with Crippen molar-refractivity contribution in [3.8, 4) is 6.07 Å². The summed E-state index contributed by atoms with van der Waals surface area (Å²) in [7, 11) is 0. The predicted octanol–water partition coefficient (Wildman–Crippen LogP) is 4.20. The van der Waals surface area contributed by atoms with E-state index in [4.69, 9.17) is 10.5 Å². The Hall–Kier alpha value is -3.19. The third kappa shape index (κ3) is 6.32. The van der Waals surface area contributed by atoms with Gasteiger partial charge in [0.25, 0.3) is 5.91 Å². The van der Waals surface area contributed by atoms with Gasteiger partial charge in [0.15, 0.2) is 0 Å². The first-order valence-corrected chi connectivity index (χ1v) is 12.9. The van der Waals surface area contributed by atoms with E-state index in [1.807, 2.05) is 36.4 Å². The molecule has 9 heteroatoms. The fourth-order valence-electron chi connectivity index (χ4n) is 4.69. The monoisotopic (exact) mass is 550 g/mol. The maximum atomic E-state index is 12.9. The van der Waals surface area contributed by atoms with Crippen LogP contribution in [0.1, 0.15) is 25.3 Å². The molecule has 36 heavy (non-hydrogen) atoms. The molecule has 2 aliphatic rings. The normalized spacial score (nSPS) is 18.1. The highest BCUT2D eigenvalue weighted by Crippen LogP contribution is 2.27. The third-order valence-electron chi connectivity index (χ3n) is 6.66. The number of nitrogens with one attached hydrogen (secondary N) is 1. The molecular weight excluding hydrogens is 520 g/mol. The molecule has 0 saturated carbocycles. The molecule has 8 nitrogen and oxygen atoms in total. The number of nitrogens with two attached hydrogens (primary N) is 1. The summed E-state index contributed by atoms with van der Waals surface area (Å²) in [6.45, 7) is 7.09. The van der Waals surface area contributed by atoms with Gasteiger partial charge >= 0.3 is 0 Å². The van der Waals surface area contributed by atoms with E-state index in [0.29, 0.717) is 23.0 Å². The highest BCUT2D eigenvalue weighted by atomic mass is 79.9. The third-order valence-corrected chi connectivity index (χ3v) is 7.19. The van der Waals surface area contributed by atoms with Gasteiger partial charge in [-0.15, -0.1) is 0 Å². The topological polar surface area (TPSA) is 107 Å². The molecule has 3 N–H and O–H groups in total. The Balaban J connectivity index is 1.41. The summed E-state index contributed by atoms with van der Waals surface area (Å²) in [5.41, 5.74) is 9.22. The number of rotatable bonds is 6. The van der Waals surface area contributed by atoms with Crippen LogP contribution in [-0.4, -0.2) is 62.0 Å². The second-order valence-electron chi connectivity index (χ2n) is 8.92. The highest BCUT2D eigenvalue weighted by molar-refractivity contribution is 9.10. The van der Waals surface area contributed by atoms with E-state index in [1.165, 1.54) is 6.20 Å². The Morgan fingerprint density at radius 1 is 1.17 bits per heavy atom. The number of amides is 1. The van der Waals surface area contributed by atoms with Crippen LogP contribution >= 0.6 is 15.9 Å². The fourth-order valence-corrected chi connectivity index (χ4v) is 4.95. The summed E-state index contributed by atoms with van der Waals surface area (Å²) in [6.07, 6.45) is 3.43. The number of aliphatic imine (C=N–C) groups is 1. The van der Waals surface area contributed by atoms with E-state index >= 15 is 0 Å². The number of halogens is 1. The van der Waals surface area contributed by atoms with Gasteiger partial charge in [-0.3, -0.25) is 14.7 Å². The average molecular weight is 551 g/mol. The van der Waals surface area contributed by atoms with Gasteiger partial charge in [0.2, 0.25) is 0 Å². The minimum atomic E-state index is -0.377. The summed E-state index contributed by atoms with van der Waals surface area (Å²) >= 11 is 3.40. The van der Waals surface area contributed by atoms with Gasteiger partial charge in [0.1, 0.15) is 6.07 Å². The Bertz CT molecular complexity index is 1170. The van der Waals surface area contributed by atoms with Crippen LogP contribution in [0.2, 0.25) is 0 Å². The molecule has 0 aliphatic carbocycles. The van der Waals surface area contributed by atoms with Gasteiger partial charge in [-0.25, -0.2) is 0 Å². The zero-order chi connectivity index (χ0) is 25.5. The SMILES string of the molecule is CC(=Nc1ccc(Br)cc1)C(=CN)C(=O)Nc1ccc(N2CCN(C3CCOCC3)CC2)c(C#N)c1. The number of anilines is 2. The van der Waals surface area contributed by atoms with Crippen molar-refractivity contribution in [1.29, 1.82) is 5.26 Å². The van der Waals surface area contributed by atoms with Crippen molar-refractivity contribution in [3.05, 3.63) is 64.3 Å². The lowest BCUT2D eigenvalue weighted by Gasteiger charge is -2.41. The molecule has 2 saturated heterocycles. The molecule has 188 valence electrons. The molecule has 2 fully saturated rings. The molecule has 2 aromatic carbocycles. The molecule has 0 atom stereocenters. The van der Waals surface area contributed by atoms with Crippen LogP contribution in [0.5, 0.6) is 0 Å². The van der Waals surface area contributed by atoms with E-state index < -0.39 is 0 Å². The van der Waals surface area contributed by atoms with Crippen molar-refractivity contribution in [2.75, 3.05) is 49.6 Å². The molecule has 2 heterocycles. The van der Waals surface area contributed by atoms with Gasteiger partial charge < -0.3 is 20.7 Å². The second-order valence-corrected chi connectivity index (χ2v) is 9.83. The second kappa shape index (κ2) is 12.2. The van der Waals surface area contributed by atoms with Gasteiger partial charge in [-0.2, -0.15) is 5.26 Å². The van der Waals surface area contributed by atoms with E-state index in [9.17, 15) is 10.1 Å². The molecule has 0 aromatic heterocycles. The molecule has 0 spiro atoms. The largest absolute Gasteiger partial charge is 0.404 e. The Morgan fingerprint density at radius 2 is 1.86 bits per heavy atom. The molecule has 0 radical (unpaired) electrons. The number of nitriles is 1. The lowest BCUT2D eigenvalue weighted by atomic mass is 10.1. The zero-order valence-corrected chi connectivity index (χ0v) is 22.0. The van der Waals surface area contributed by atoms with Gasteiger partial charge in [-0.05, 0) is 62.2 Å². The first-order chi connectivity index (χ1) is 17.5. The number of piperazine rings is 1. The first-order valence-electron chi connectivity index (χ1n) is 12.1. The van der Waals surface area contributed by atoms with Crippen LogP contribution in [0, 0.1) is 11.3 Å². The zero-order valence-electron chi connectivity index (χ0n) is 20.4. The van der Waals surface area contributed by atoms with E-state index in [0.717, 1.165) is 68.1 Å². The van der Waals surface area contributed by atoms with Crippen LogP contribution in [0.3, 0.4) is 0 Å². The van der Waals surface area contributed by atoms with E-state index in [-0.39, 0.29) is 11.5 Å². The van der Waals surface area contributed by atoms with Gasteiger partial charge in [-0.1, -0.05) is 15.9 Å². The number of ether oxygens (including phenoxy) is 1.